The first kappa shape index (κ1) is 19.1. The van der Waals surface area contributed by atoms with E-state index in [0.717, 1.165) is 0 Å². The van der Waals surface area contributed by atoms with E-state index in [1.54, 1.807) is 26.0 Å². The number of nitrogens with zero attached hydrogens (tertiary/aromatic N) is 1. The van der Waals surface area contributed by atoms with Crippen LogP contribution < -0.4 is 5.32 Å². The first-order chi connectivity index (χ1) is 11.7. The van der Waals surface area contributed by atoms with Crippen LogP contribution in [-0.2, 0) is 21.2 Å². The number of benzene rings is 2. The average Bonchev–Trinajstić information content (AvgIpc) is 2.54. The van der Waals surface area contributed by atoms with Gasteiger partial charge in [0, 0.05) is 18.8 Å². The fourth-order valence-electron chi connectivity index (χ4n) is 2.19. The Kier molecular flexibility index (Phi) is 5.92. The lowest BCUT2D eigenvalue weighted by Crippen LogP contribution is -2.33. The lowest BCUT2D eigenvalue weighted by molar-refractivity contribution is -0.115. The molecule has 1 amide bonds. The molecule has 0 bridgehead atoms. The second-order valence-electron chi connectivity index (χ2n) is 5.99. The van der Waals surface area contributed by atoms with Gasteiger partial charge in [0.1, 0.15) is 5.82 Å². The van der Waals surface area contributed by atoms with E-state index >= 15 is 0 Å². The smallest absolute Gasteiger partial charge is 0.243 e. The maximum atomic E-state index is 13.1. The van der Waals surface area contributed by atoms with E-state index in [9.17, 15) is 17.6 Å². The van der Waals surface area contributed by atoms with E-state index in [-0.39, 0.29) is 23.3 Å². The molecule has 0 aromatic heterocycles. The van der Waals surface area contributed by atoms with Gasteiger partial charge in [0.2, 0.25) is 15.9 Å². The van der Waals surface area contributed by atoms with Gasteiger partial charge >= 0.3 is 0 Å². The summed E-state index contributed by atoms with van der Waals surface area (Å²) in [7, 11) is -2.04. The Morgan fingerprint density at radius 3 is 2.36 bits per heavy atom. The van der Waals surface area contributed by atoms with E-state index in [0.29, 0.717) is 11.3 Å². The van der Waals surface area contributed by atoms with Crippen molar-refractivity contribution in [2.24, 2.45) is 0 Å². The third-order valence-electron chi connectivity index (χ3n) is 3.80. The first-order valence-corrected chi connectivity index (χ1v) is 9.26. The van der Waals surface area contributed by atoms with Crippen molar-refractivity contribution in [1.82, 2.24) is 4.31 Å². The summed E-state index contributed by atoms with van der Waals surface area (Å²) in [5.74, 6) is -0.699. The van der Waals surface area contributed by atoms with Gasteiger partial charge in [0.05, 0.1) is 11.3 Å². The maximum Gasteiger partial charge on any atom is 0.243 e. The molecule has 0 aliphatic rings. The van der Waals surface area contributed by atoms with Gasteiger partial charge in [-0.2, -0.15) is 4.31 Å². The van der Waals surface area contributed by atoms with Gasteiger partial charge in [-0.1, -0.05) is 12.1 Å². The molecule has 2 aromatic carbocycles. The zero-order valence-electron chi connectivity index (χ0n) is 14.4. The van der Waals surface area contributed by atoms with Crippen molar-refractivity contribution < 1.29 is 17.6 Å². The van der Waals surface area contributed by atoms with Crippen LogP contribution in [0.5, 0.6) is 0 Å². The Morgan fingerprint density at radius 1 is 1.16 bits per heavy atom. The second-order valence-corrected chi connectivity index (χ2v) is 7.99. The van der Waals surface area contributed by atoms with Crippen LogP contribution in [0, 0.1) is 5.82 Å². The summed E-state index contributed by atoms with van der Waals surface area (Å²) in [6.07, 6.45) is 0.0356. The number of hydrogen-bond donors (Lipinski definition) is 1. The van der Waals surface area contributed by atoms with Crippen molar-refractivity contribution in [3.63, 3.8) is 0 Å². The molecule has 1 N–H and O–H groups in total. The van der Waals surface area contributed by atoms with Gasteiger partial charge in [-0.05, 0) is 55.8 Å². The van der Waals surface area contributed by atoms with Crippen LogP contribution >= 0.6 is 0 Å². The van der Waals surface area contributed by atoms with Gasteiger partial charge in [0.25, 0.3) is 0 Å². The number of rotatable bonds is 6. The van der Waals surface area contributed by atoms with Crippen molar-refractivity contribution in [2.45, 2.75) is 31.2 Å². The molecular formula is C18H21FN2O3S. The molecule has 2 aromatic rings. The summed E-state index contributed by atoms with van der Waals surface area (Å²) in [5.41, 5.74) is 1.04. The Labute approximate surface area is 147 Å². The molecule has 0 aliphatic heterocycles. The third kappa shape index (κ3) is 4.87. The van der Waals surface area contributed by atoms with Crippen molar-refractivity contribution >= 4 is 21.6 Å². The predicted molar refractivity (Wildman–Crippen MR) is 95.3 cm³/mol. The highest BCUT2D eigenvalue weighted by Crippen LogP contribution is 2.19. The minimum absolute atomic E-state index is 0.0356. The predicted octanol–water partition coefficient (Wildman–Crippen LogP) is 3.04. The van der Waals surface area contributed by atoms with Crippen LogP contribution in [0.1, 0.15) is 19.4 Å². The summed E-state index contributed by atoms with van der Waals surface area (Å²) in [6.45, 7) is 3.58. The summed E-state index contributed by atoms with van der Waals surface area (Å²) in [5, 5.41) is 2.67. The molecule has 0 fully saturated rings. The highest BCUT2D eigenvalue weighted by atomic mass is 32.2. The van der Waals surface area contributed by atoms with Crippen LogP contribution in [0.4, 0.5) is 10.1 Å². The molecule has 0 heterocycles. The molecule has 0 aliphatic carbocycles. The summed E-state index contributed by atoms with van der Waals surface area (Å²) < 4.78 is 39.2. The Morgan fingerprint density at radius 2 is 1.80 bits per heavy atom. The largest absolute Gasteiger partial charge is 0.326 e. The number of carbonyl (C=O) groups is 1. The molecular weight excluding hydrogens is 343 g/mol. The number of amides is 1. The van der Waals surface area contributed by atoms with E-state index in [1.165, 1.54) is 47.8 Å². The quantitative estimate of drug-likeness (QED) is 0.857. The number of carbonyl (C=O) groups excluding carboxylic acids is 1. The molecule has 0 saturated heterocycles. The highest BCUT2D eigenvalue weighted by molar-refractivity contribution is 7.89. The lowest BCUT2D eigenvalue weighted by Gasteiger charge is -2.21. The van der Waals surface area contributed by atoms with Gasteiger partial charge in [0.15, 0.2) is 0 Å². The molecule has 134 valence electrons. The fraction of sp³-hybridized carbons (Fsp3) is 0.278. The summed E-state index contributed by atoms with van der Waals surface area (Å²) >= 11 is 0. The summed E-state index contributed by atoms with van der Waals surface area (Å²) in [4.78, 5) is 12.2. The Bertz CT molecular complexity index is 849. The molecule has 0 saturated carbocycles. The molecule has 2 rings (SSSR count). The fourth-order valence-corrected chi connectivity index (χ4v) is 3.56. The third-order valence-corrected chi connectivity index (χ3v) is 5.84. The molecule has 5 nitrogen and oxygen atoms in total. The van der Waals surface area contributed by atoms with Crippen molar-refractivity contribution in [2.75, 3.05) is 12.4 Å². The highest BCUT2D eigenvalue weighted by Gasteiger charge is 2.22. The zero-order chi connectivity index (χ0) is 18.6. The molecule has 0 unspecified atom stereocenters. The number of anilines is 1. The van der Waals surface area contributed by atoms with E-state index in [1.807, 2.05) is 0 Å². The van der Waals surface area contributed by atoms with Crippen molar-refractivity contribution in [3.05, 3.63) is 59.9 Å². The van der Waals surface area contributed by atoms with Crippen molar-refractivity contribution in [3.8, 4) is 0 Å². The monoisotopic (exact) mass is 364 g/mol. The minimum atomic E-state index is -3.56. The van der Waals surface area contributed by atoms with Crippen LogP contribution in [0.2, 0.25) is 0 Å². The van der Waals surface area contributed by atoms with Crippen molar-refractivity contribution in [1.29, 1.82) is 0 Å². The number of sulfonamides is 1. The number of halogens is 1. The van der Waals surface area contributed by atoms with E-state index < -0.39 is 15.8 Å². The van der Waals surface area contributed by atoms with E-state index in [2.05, 4.69) is 5.32 Å². The maximum absolute atomic E-state index is 13.1. The lowest BCUT2D eigenvalue weighted by atomic mass is 10.1. The molecule has 0 spiro atoms. The number of nitrogens with one attached hydrogen (secondary N) is 1. The average molecular weight is 364 g/mol. The van der Waals surface area contributed by atoms with Gasteiger partial charge in [-0.15, -0.1) is 0 Å². The van der Waals surface area contributed by atoms with Gasteiger partial charge in [-0.25, -0.2) is 12.8 Å². The second kappa shape index (κ2) is 7.76. The van der Waals surface area contributed by atoms with E-state index in [4.69, 9.17) is 0 Å². The first-order valence-electron chi connectivity index (χ1n) is 7.82. The van der Waals surface area contributed by atoms with Gasteiger partial charge < -0.3 is 5.32 Å². The van der Waals surface area contributed by atoms with Crippen LogP contribution in [0.15, 0.2) is 53.4 Å². The zero-order valence-corrected chi connectivity index (χ0v) is 15.2. The minimum Gasteiger partial charge on any atom is -0.326 e. The molecule has 25 heavy (non-hydrogen) atoms. The normalized spacial score (nSPS) is 11.8. The molecule has 0 radical (unpaired) electrons. The molecule has 7 heteroatoms. The van der Waals surface area contributed by atoms with Gasteiger partial charge in [-0.3, -0.25) is 4.79 Å². The summed E-state index contributed by atoms with van der Waals surface area (Å²) in [6, 6.07) is 11.6. The van der Waals surface area contributed by atoms with Crippen LogP contribution in [-0.4, -0.2) is 31.7 Å². The Balaban J connectivity index is 2.06. The SMILES string of the molecule is CC(C)N(C)S(=O)(=O)c1ccc(NC(=O)Cc2cccc(F)c2)cc1. The van der Waals surface area contributed by atoms with Crippen LogP contribution in [0.25, 0.3) is 0 Å². The Hall–Kier alpha value is -2.25. The standard InChI is InChI=1S/C18H21FN2O3S/c1-13(2)21(3)25(23,24)17-9-7-16(8-10-17)20-18(22)12-14-5-4-6-15(19)11-14/h4-11,13H,12H2,1-3H3,(H,20,22). The van der Waals surface area contributed by atoms with Crippen LogP contribution in [0.3, 0.4) is 0 Å². The number of hydrogen-bond acceptors (Lipinski definition) is 3. The topological polar surface area (TPSA) is 66.5 Å². The molecule has 0 atom stereocenters.